The van der Waals surface area contributed by atoms with Gasteiger partial charge in [0, 0.05) is 36.5 Å². The van der Waals surface area contributed by atoms with Crippen LogP contribution in [0.5, 0.6) is 5.75 Å². The number of aromatic nitrogens is 3. The van der Waals surface area contributed by atoms with Crippen LogP contribution in [0, 0.1) is 10.1 Å². The second kappa shape index (κ2) is 9.82. The first-order valence-corrected chi connectivity index (χ1v) is 11.3. The molecule has 0 bridgehead atoms. The van der Waals surface area contributed by atoms with E-state index in [9.17, 15) is 14.9 Å². The number of rotatable bonds is 7. The lowest BCUT2D eigenvalue weighted by molar-refractivity contribution is -0.384. The molecule has 0 aliphatic carbocycles. The van der Waals surface area contributed by atoms with E-state index in [2.05, 4.69) is 10.2 Å². The number of hydrogen-bond donors (Lipinski definition) is 0. The van der Waals surface area contributed by atoms with Crippen molar-refractivity contribution >= 4 is 23.4 Å². The number of nitro benzene ring substituents is 1. The summed E-state index contributed by atoms with van der Waals surface area (Å²) in [6.07, 6.45) is 3.26. The summed E-state index contributed by atoms with van der Waals surface area (Å²) in [5.74, 6) is 1.62. The van der Waals surface area contributed by atoms with Crippen molar-refractivity contribution in [3.63, 3.8) is 0 Å². The van der Waals surface area contributed by atoms with Gasteiger partial charge < -0.3 is 9.64 Å². The lowest BCUT2D eigenvalue weighted by atomic mass is 10.1. The molecule has 1 aromatic heterocycles. The number of hydrogen-bond acceptors (Lipinski definition) is 7. The average molecular weight is 454 g/mol. The van der Waals surface area contributed by atoms with Gasteiger partial charge in [0.15, 0.2) is 11.0 Å². The Balaban J connectivity index is 1.64. The van der Waals surface area contributed by atoms with Gasteiger partial charge in [-0.3, -0.25) is 19.5 Å². The number of likely N-dealkylation sites (tertiary alicyclic amines) is 1. The number of benzene rings is 2. The number of non-ortho nitro benzene ring substituents is 1. The molecular formula is C22H23N5O4S. The third-order valence-electron chi connectivity index (χ3n) is 5.33. The molecule has 0 N–H and O–H groups in total. The highest BCUT2D eigenvalue weighted by atomic mass is 32.2. The van der Waals surface area contributed by atoms with Gasteiger partial charge in [-0.2, -0.15) is 0 Å². The number of thioether (sulfide) groups is 1. The normalized spacial score (nSPS) is 13.7. The molecule has 0 spiro atoms. The van der Waals surface area contributed by atoms with E-state index in [-0.39, 0.29) is 17.3 Å². The standard InChI is InChI=1S/C22H23N5O4S/c1-31-19-11-9-17(10-12-19)26-21(16-5-7-18(8-6-16)27(29)30)23-24-22(26)32-15-20(28)25-13-3-2-4-14-25/h5-12H,2-4,13-15H2,1H3. The van der Waals surface area contributed by atoms with E-state index >= 15 is 0 Å². The summed E-state index contributed by atoms with van der Waals surface area (Å²) in [5.41, 5.74) is 1.50. The third kappa shape index (κ3) is 4.75. The van der Waals surface area contributed by atoms with Gasteiger partial charge in [-0.05, 0) is 55.7 Å². The van der Waals surface area contributed by atoms with E-state index < -0.39 is 4.92 Å². The molecule has 1 fully saturated rings. The Morgan fingerprint density at radius 3 is 2.38 bits per heavy atom. The Morgan fingerprint density at radius 2 is 1.75 bits per heavy atom. The molecule has 32 heavy (non-hydrogen) atoms. The Morgan fingerprint density at radius 1 is 1.06 bits per heavy atom. The van der Waals surface area contributed by atoms with Crippen molar-refractivity contribution in [3.8, 4) is 22.8 Å². The SMILES string of the molecule is COc1ccc(-n2c(SCC(=O)N3CCCCC3)nnc2-c2ccc([N+](=O)[O-])cc2)cc1. The molecule has 10 heteroatoms. The molecule has 0 radical (unpaired) electrons. The molecule has 166 valence electrons. The van der Waals surface area contributed by atoms with Crippen LogP contribution in [0.3, 0.4) is 0 Å². The summed E-state index contributed by atoms with van der Waals surface area (Å²) >= 11 is 1.34. The van der Waals surface area contributed by atoms with Crippen molar-refractivity contribution in [2.45, 2.75) is 24.4 Å². The highest BCUT2D eigenvalue weighted by Gasteiger charge is 2.21. The highest BCUT2D eigenvalue weighted by molar-refractivity contribution is 7.99. The molecule has 2 heterocycles. The number of carbonyl (C=O) groups excluding carboxylic acids is 1. The van der Waals surface area contributed by atoms with E-state index in [1.54, 1.807) is 19.2 Å². The zero-order valence-corrected chi connectivity index (χ0v) is 18.5. The minimum absolute atomic E-state index is 0.00555. The molecule has 1 saturated heterocycles. The molecule has 0 unspecified atom stereocenters. The van der Waals surface area contributed by atoms with Gasteiger partial charge in [0.25, 0.3) is 5.69 Å². The zero-order chi connectivity index (χ0) is 22.5. The van der Waals surface area contributed by atoms with Crippen molar-refractivity contribution in [3.05, 3.63) is 58.6 Å². The summed E-state index contributed by atoms with van der Waals surface area (Å²) in [6.45, 7) is 1.61. The summed E-state index contributed by atoms with van der Waals surface area (Å²) in [7, 11) is 1.60. The van der Waals surface area contributed by atoms with Crippen LogP contribution in [0.25, 0.3) is 17.1 Å². The van der Waals surface area contributed by atoms with Crippen LogP contribution in [-0.4, -0.2) is 56.4 Å². The molecule has 0 atom stereocenters. The molecule has 3 aromatic rings. The molecular weight excluding hydrogens is 430 g/mol. The number of piperidine rings is 1. The fourth-order valence-corrected chi connectivity index (χ4v) is 4.46. The van der Waals surface area contributed by atoms with Crippen molar-refractivity contribution in [1.82, 2.24) is 19.7 Å². The summed E-state index contributed by atoms with van der Waals surface area (Å²) in [4.78, 5) is 25.1. The second-order valence-electron chi connectivity index (χ2n) is 7.37. The average Bonchev–Trinajstić information content (AvgIpc) is 3.27. The van der Waals surface area contributed by atoms with Crippen LogP contribution in [0.1, 0.15) is 19.3 Å². The lowest BCUT2D eigenvalue weighted by Gasteiger charge is -2.26. The molecule has 4 rings (SSSR count). The van der Waals surface area contributed by atoms with Crippen LogP contribution in [0.15, 0.2) is 53.7 Å². The van der Waals surface area contributed by atoms with Crippen molar-refractivity contribution in [2.75, 3.05) is 26.0 Å². The number of nitrogens with zero attached hydrogens (tertiary/aromatic N) is 5. The topological polar surface area (TPSA) is 103 Å². The van der Waals surface area contributed by atoms with Crippen LogP contribution < -0.4 is 4.74 Å². The second-order valence-corrected chi connectivity index (χ2v) is 8.32. The van der Waals surface area contributed by atoms with Gasteiger partial charge in [-0.1, -0.05) is 11.8 Å². The van der Waals surface area contributed by atoms with Gasteiger partial charge in [0.2, 0.25) is 5.91 Å². The maximum absolute atomic E-state index is 12.6. The van der Waals surface area contributed by atoms with E-state index in [1.165, 1.54) is 30.3 Å². The Hall–Kier alpha value is -3.40. The van der Waals surface area contributed by atoms with Gasteiger partial charge >= 0.3 is 0 Å². The third-order valence-corrected chi connectivity index (χ3v) is 6.25. The van der Waals surface area contributed by atoms with Gasteiger partial charge in [-0.25, -0.2) is 0 Å². The lowest BCUT2D eigenvalue weighted by Crippen LogP contribution is -2.36. The fourth-order valence-electron chi connectivity index (χ4n) is 3.61. The number of methoxy groups -OCH3 is 1. The van der Waals surface area contributed by atoms with Crippen molar-refractivity contribution in [1.29, 1.82) is 0 Å². The van der Waals surface area contributed by atoms with E-state index in [1.807, 2.05) is 33.7 Å². The van der Waals surface area contributed by atoms with E-state index in [4.69, 9.17) is 4.74 Å². The minimum atomic E-state index is -0.439. The molecule has 1 aliphatic heterocycles. The van der Waals surface area contributed by atoms with Gasteiger partial charge in [0.05, 0.1) is 17.8 Å². The molecule has 9 nitrogen and oxygen atoms in total. The van der Waals surface area contributed by atoms with Crippen molar-refractivity contribution < 1.29 is 14.5 Å². The van der Waals surface area contributed by atoms with E-state index in [0.717, 1.165) is 31.6 Å². The predicted octanol–water partition coefficient (Wildman–Crippen LogP) is 3.96. The van der Waals surface area contributed by atoms with Crippen LogP contribution in [0.4, 0.5) is 5.69 Å². The zero-order valence-electron chi connectivity index (χ0n) is 17.6. The van der Waals surface area contributed by atoms with Crippen LogP contribution in [-0.2, 0) is 4.79 Å². The first kappa shape index (κ1) is 21.8. The van der Waals surface area contributed by atoms with Gasteiger partial charge in [0.1, 0.15) is 5.75 Å². The number of ether oxygens (including phenoxy) is 1. The van der Waals surface area contributed by atoms with Crippen LogP contribution in [0.2, 0.25) is 0 Å². The number of amides is 1. The summed E-state index contributed by atoms with van der Waals surface area (Å²) in [6, 6.07) is 13.6. The summed E-state index contributed by atoms with van der Waals surface area (Å²) in [5, 5.41) is 20.2. The molecule has 1 aliphatic rings. The number of carbonyl (C=O) groups is 1. The van der Waals surface area contributed by atoms with Crippen LogP contribution >= 0.6 is 11.8 Å². The van der Waals surface area contributed by atoms with E-state index in [0.29, 0.717) is 22.3 Å². The first-order chi connectivity index (χ1) is 15.6. The quantitative estimate of drug-likeness (QED) is 0.303. The number of nitro groups is 1. The monoisotopic (exact) mass is 453 g/mol. The smallest absolute Gasteiger partial charge is 0.269 e. The predicted molar refractivity (Wildman–Crippen MR) is 121 cm³/mol. The first-order valence-electron chi connectivity index (χ1n) is 10.3. The van der Waals surface area contributed by atoms with Crippen molar-refractivity contribution in [2.24, 2.45) is 0 Å². The fraction of sp³-hybridized carbons (Fsp3) is 0.318. The minimum Gasteiger partial charge on any atom is -0.497 e. The molecule has 0 saturated carbocycles. The molecule has 1 amide bonds. The summed E-state index contributed by atoms with van der Waals surface area (Å²) < 4.78 is 7.11. The maximum Gasteiger partial charge on any atom is 0.269 e. The highest BCUT2D eigenvalue weighted by Crippen LogP contribution is 2.30. The molecule has 2 aromatic carbocycles. The Kier molecular flexibility index (Phi) is 6.69. The Bertz CT molecular complexity index is 1090. The van der Waals surface area contributed by atoms with Gasteiger partial charge in [-0.15, -0.1) is 10.2 Å². The maximum atomic E-state index is 12.6. The largest absolute Gasteiger partial charge is 0.497 e. The Labute approximate surface area is 189 Å².